The molecule has 0 saturated carbocycles. The Morgan fingerprint density at radius 3 is 2.88 bits per heavy atom. The van der Waals surface area contributed by atoms with Crippen molar-refractivity contribution in [1.29, 1.82) is 0 Å². The van der Waals surface area contributed by atoms with E-state index in [1.54, 1.807) is 11.5 Å². The molecule has 1 aromatic carbocycles. The number of aromatic nitrogens is 2. The summed E-state index contributed by atoms with van der Waals surface area (Å²) < 4.78 is 1.67. The van der Waals surface area contributed by atoms with Crippen LogP contribution in [0.4, 0.5) is 0 Å². The zero-order valence-electron chi connectivity index (χ0n) is 9.81. The van der Waals surface area contributed by atoms with Crippen LogP contribution in [0.25, 0.3) is 11.0 Å². The van der Waals surface area contributed by atoms with E-state index in [-0.39, 0.29) is 5.56 Å². The molecule has 1 aromatic heterocycles. The summed E-state index contributed by atoms with van der Waals surface area (Å²) in [7, 11) is 0. The first kappa shape index (κ1) is 11.5. The van der Waals surface area contributed by atoms with Gasteiger partial charge in [0.1, 0.15) is 5.69 Å². The first-order valence-electron chi connectivity index (χ1n) is 5.46. The lowest BCUT2D eigenvalue weighted by Gasteiger charge is -2.11. The van der Waals surface area contributed by atoms with Gasteiger partial charge >= 0.3 is 0 Å². The zero-order valence-corrected chi connectivity index (χ0v) is 9.81. The number of nitrogens with zero attached hydrogens (tertiary/aromatic N) is 2. The molecular formula is C13H15N3O. The third-order valence-electron chi connectivity index (χ3n) is 2.69. The van der Waals surface area contributed by atoms with E-state index in [9.17, 15) is 4.79 Å². The second-order valence-electron chi connectivity index (χ2n) is 4.03. The Bertz CT molecular complexity index is 628. The predicted octanol–water partition coefficient (Wildman–Crippen LogP) is 1.22. The van der Waals surface area contributed by atoms with Crippen LogP contribution in [0.15, 0.2) is 41.2 Å². The van der Waals surface area contributed by atoms with Gasteiger partial charge in [0.2, 0.25) is 0 Å². The van der Waals surface area contributed by atoms with Crippen LogP contribution in [-0.4, -0.2) is 16.1 Å². The molecule has 0 spiro atoms. The fourth-order valence-electron chi connectivity index (χ4n) is 1.77. The smallest absolute Gasteiger partial charge is 0.272 e. The number of nitrogens with two attached hydrogens (primary N) is 1. The summed E-state index contributed by atoms with van der Waals surface area (Å²) in [5.74, 6) is 0. The van der Waals surface area contributed by atoms with Gasteiger partial charge in [-0.05, 0) is 24.6 Å². The molecule has 2 N–H and O–H groups in total. The zero-order chi connectivity index (χ0) is 12.4. The molecule has 2 rings (SSSR count). The van der Waals surface area contributed by atoms with Gasteiger partial charge in [0, 0.05) is 13.1 Å². The number of rotatable bonds is 3. The Morgan fingerprint density at radius 2 is 2.18 bits per heavy atom. The van der Waals surface area contributed by atoms with Crippen LogP contribution >= 0.6 is 0 Å². The van der Waals surface area contributed by atoms with Crippen molar-refractivity contribution in [2.24, 2.45) is 5.73 Å². The van der Waals surface area contributed by atoms with E-state index in [4.69, 9.17) is 5.73 Å². The molecule has 0 amide bonds. The highest BCUT2D eigenvalue weighted by atomic mass is 16.1. The molecule has 4 nitrogen and oxygen atoms in total. The molecule has 4 heteroatoms. The van der Waals surface area contributed by atoms with Crippen LogP contribution in [0.1, 0.15) is 5.69 Å². The maximum atomic E-state index is 12.1. The molecule has 0 unspecified atom stereocenters. The van der Waals surface area contributed by atoms with E-state index in [2.05, 4.69) is 11.6 Å². The Balaban J connectivity index is 2.70. The van der Waals surface area contributed by atoms with Crippen LogP contribution in [0, 0.1) is 6.92 Å². The summed E-state index contributed by atoms with van der Waals surface area (Å²) in [6.45, 7) is 6.38. The summed E-state index contributed by atoms with van der Waals surface area (Å²) >= 11 is 0. The van der Waals surface area contributed by atoms with Crippen molar-refractivity contribution in [3.63, 3.8) is 0 Å². The van der Waals surface area contributed by atoms with Crippen LogP contribution in [0.3, 0.4) is 0 Å². The topological polar surface area (TPSA) is 60.9 Å². The molecule has 17 heavy (non-hydrogen) atoms. The van der Waals surface area contributed by atoms with E-state index < -0.39 is 0 Å². The maximum Gasteiger partial charge on any atom is 0.272 e. The van der Waals surface area contributed by atoms with Crippen molar-refractivity contribution < 1.29 is 0 Å². The number of fused-ring (bicyclic) bond motifs is 1. The molecule has 0 radical (unpaired) electrons. The molecule has 0 saturated heterocycles. The van der Waals surface area contributed by atoms with Gasteiger partial charge in [-0.15, -0.1) is 0 Å². The first-order chi connectivity index (χ1) is 8.13. The first-order valence-corrected chi connectivity index (χ1v) is 5.46. The maximum absolute atomic E-state index is 12.1. The Kier molecular flexibility index (Phi) is 3.06. The summed E-state index contributed by atoms with van der Waals surface area (Å²) in [5.41, 5.74) is 8.38. The largest absolute Gasteiger partial charge is 0.327 e. The van der Waals surface area contributed by atoms with Crippen molar-refractivity contribution in [2.45, 2.75) is 13.5 Å². The van der Waals surface area contributed by atoms with Crippen molar-refractivity contribution in [1.82, 2.24) is 9.55 Å². The minimum atomic E-state index is -0.0849. The average Bonchev–Trinajstić information content (AvgIpc) is 2.34. The molecule has 0 aliphatic rings. The van der Waals surface area contributed by atoms with Crippen LogP contribution < -0.4 is 11.3 Å². The number of para-hydroxylation sites is 2. The second-order valence-corrected chi connectivity index (χ2v) is 4.03. The summed E-state index contributed by atoms with van der Waals surface area (Å²) in [4.78, 5) is 16.3. The molecule has 0 aliphatic heterocycles. The van der Waals surface area contributed by atoms with Gasteiger partial charge in [-0.1, -0.05) is 18.7 Å². The van der Waals surface area contributed by atoms with Gasteiger partial charge in [0.15, 0.2) is 0 Å². The van der Waals surface area contributed by atoms with E-state index in [0.717, 1.165) is 16.6 Å². The van der Waals surface area contributed by atoms with E-state index >= 15 is 0 Å². The monoisotopic (exact) mass is 229 g/mol. The lowest BCUT2D eigenvalue weighted by molar-refractivity contribution is 0.752. The van der Waals surface area contributed by atoms with Crippen molar-refractivity contribution in [3.8, 4) is 0 Å². The SMILES string of the molecule is C=C(CN)Cn1c(=O)c(C)nc2ccccc21. The lowest BCUT2D eigenvalue weighted by Crippen LogP contribution is -2.26. The predicted molar refractivity (Wildman–Crippen MR) is 68.9 cm³/mol. The molecule has 0 bridgehead atoms. The number of hydrogen-bond donors (Lipinski definition) is 1. The van der Waals surface area contributed by atoms with Crippen LogP contribution in [-0.2, 0) is 6.54 Å². The lowest BCUT2D eigenvalue weighted by atomic mass is 10.2. The molecule has 88 valence electrons. The van der Waals surface area contributed by atoms with Gasteiger partial charge in [-0.2, -0.15) is 0 Å². The number of aryl methyl sites for hydroxylation is 1. The van der Waals surface area contributed by atoms with Crippen molar-refractivity contribution in [2.75, 3.05) is 6.54 Å². The second kappa shape index (κ2) is 4.51. The highest BCUT2D eigenvalue weighted by molar-refractivity contribution is 5.74. The van der Waals surface area contributed by atoms with Crippen molar-refractivity contribution >= 4 is 11.0 Å². The Morgan fingerprint density at radius 1 is 1.47 bits per heavy atom. The fourth-order valence-corrected chi connectivity index (χ4v) is 1.77. The fraction of sp³-hybridized carbons (Fsp3) is 0.231. The molecule has 0 aliphatic carbocycles. The molecule has 0 fully saturated rings. The molecular weight excluding hydrogens is 214 g/mol. The Hall–Kier alpha value is -1.94. The quantitative estimate of drug-likeness (QED) is 0.805. The third-order valence-corrected chi connectivity index (χ3v) is 2.69. The molecule has 0 atom stereocenters. The summed E-state index contributed by atoms with van der Waals surface area (Å²) in [6.07, 6.45) is 0. The van der Waals surface area contributed by atoms with E-state index in [1.807, 2.05) is 24.3 Å². The minimum absolute atomic E-state index is 0.0849. The van der Waals surface area contributed by atoms with Crippen LogP contribution in [0.5, 0.6) is 0 Å². The minimum Gasteiger partial charge on any atom is -0.327 e. The van der Waals surface area contributed by atoms with Crippen molar-refractivity contribution in [3.05, 3.63) is 52.5 Å². The average molecular weight is 229 g/mol. The highest BCUT2D eigenvalue weighted by Crippen LogP contribution is 2.10. The Labute approximate surface area is 99.4 Å². The summed E-state index contributed by atoms with van der Waals surface area (Å²) in [5, 5.41) is 0. The van der Waals surface area contributed by atoms with E-state index in [1.165, 1.54) is 0 Å². The standard InChI is InChI=1S/C13H15N3O/c1-9(7-14)8-16-12-6-4-3-5-11(12)15-10(2)13(16)17/h3-6H,1,7-8,14H2,2H3. The normalized spacial score (nSPS) is 10.7. The number of benzene rings is 1. The number of hydrogen-bond acceptors (Lipinski definition) is 3. The molecule has 1 heterocycles. The summed E-state index contributed by atoms with van der Waals surface area (Å²) in [6, 6.07) is 7.57. The van der Waals surface area contributed by atoms with Crippen LogP contribution in [0.2, 0.25) is 0 Å². The van der Waals surface area contributed by atoms with Gasteiger partial charge < -0.3 is 10.3 Å². The van der Waals surface area contributed by atoms with Gasteiger partial charge in [0.05, 0.1) is 11.0 Å². The van der Waals surface area contributed by atoms with E-state index in [0.29, 0.717) is 18.8 Å². The van der Waals surface area contributed by atoms with Gasteiger partial charge in [-0.3, -0.25) is 4.79 Å². The van der Waals surface area contributed by atoms with Gasteiger partial charge in [0.25, 0.3) is 5.56 Å². The highest BCUT2D eigenvalue weighted by Gasteiger charge is 2.07. The molecule has 2 aromatic rings. The third kappa shape index (κ3) is 2.12. The van der Waals surface area contributed by atoms with Gasteiger partial charge in [-0.25, -0.2) is 4.98 Å².